The first kappa shape index (κ1) is 13.2. The van der Waals surface area contributed by atoms with Crippen molar-refractivity contribution in [2.75, 3.05) is 11.9 Å². The van der Waals surface area contributed by atoms with Crippen molar-refractivity contribution in [2.45, 2.75) is 13.0 Å². The van der Waals surface area contributed by atoms with Crippen LogP contribution in [0.25, 0.3) is 0 Å². The first-order valence-electron chi connectivity index (χ1n) is 5.99. The number of carbonyl (C=O) groups excluding carboxylic acids is 1. The second-order valence-corrected chi connectivity index (χ2v) is 4.17. The lowest BCUT2D eigenvalue weighted by molar-refractivity contribution is 0.148. The molecule has 5 nitrogen and oxygen atoms in total. The van der Waals surface area contributed by atoms with Gasteiger partial charge in [-0.3, -0.25) is 0 Å². The molecule has 2 aromatic rings. The standard InChI is InChI=1S/C14H16N2O3/c1-10-7-8-13(19-10)12(17)9-15-14(18)16-11-5-3-2-4-6-11/h2-8,12,17H,9H2,1H3,(H2,15,16,18). The average Bonchev–Trinajstić information content (AvgIpc) is 2.84. The van der Waals surface area contributed by atoms with E-state index in [-0.39, 0.29) is 12.6 Å². The van der Waals surface area contributed by atoms with Gasteiger partial charge in [-0.2, -0.15) is 0 Å². The summed E-state index contributed by atoms with van der Waals surface area (Å²) in [5.41, 5.74) is 0.698. The molecule has 5 heteroatoms. The summed E-state index contributed by atoms with van der Waals surface area (Å²) in [6.45, 7) is 1.89. The highest BCUT2D eigenvalue weighted by atomic mass is 16.4. The fraction of sp³-hybridized carbons (Fsp3) is 0.214. The largest absolute Gasteiger partial charge is 0.464 e. The number of hydrogen-bond acceptors (Lipinski definition) is 3. The van der Waals surface area contributed by atoms with E-state index in [1.165, 1.54) is 0 Å². The minimum absolute atomic E-state index is 0.0889. The van der Waals surface area contributed by atoms with Crippen molar-refractivity contribution in [2.24, 2.45) is 0 Å². The third kappa shape index (κ3) is 3.86. The van der Waals surface area contributed by atoms with E-state index >= 15 is 0 Å². The summed E-state index contributed by atoms with van der Waals surface area (Å²) in [5, 5.41) is 15.1. The highest BCUT2D eigenvalue weighted by Gasteiger charge is 2.12. The molecule has 0 saturated heterocycles. The van der Waals surface area contributed by atoms with Gasteiger partial charge in [0.05, 0.1) is 6.54 Å². The number of amides is 2. The summed E-state index contributed by atoms with van der Waals surface area (Å²) in [6, 6.07) is 12.2. The van der Waals surface area contributed by atoms with Gasteiger partial charge in [0, 0.05) is 5.69 Å². The molecule has 1 atom stereocenters. The molecule has 0 saturated carbocycles. The van der Waals surface area contributed by atoms with E-state index in [1.54, 1.807) is 31.2 Å². The first-order valence-corrected chi connectivity index (χ1v) is 5.99. The SMILES string of the molecule is Cc1ccc(C(O)CNC(=O)Nc2ccccc2)o1. The number of aryl methyl sites for hydroxylation is 1. The van der Waals surface area contributed by atoms with E-state index < -0.39 is 6.10 Å². The molecule has 0 spiro atoms. The molecule has 100 valence electrons. The lowest BCUT2D eigenvalue weighted by Crippen LogP contribution is -2.32. The van der Waals surface area contributed by atoms with Crippen molar-refractivity contribution >= 4 is 11.7 Å². The zero-order valence-corrected chi connectivity index (χ0v) is 10.6. The van der Waals surface area contributed by atoms with Crippen LogP contribution in [0.2, 0.25) is 0 Å². The van der Waals surface area contributed by atoms with Gasteiger partial charge in [-0.25, -0.2) is 4.79 Å². The van der Waals surface area contributed by atoms with Gasteiger partial charge in [-0.15, -0.1) is 0 Å². The predicted molar refractivity (Wildman–Crippen MR) is 71.9 cm³/mol. The van der Waals surface area contributed by atoms with Gasteiger partial charge in [-0.05, 0) is 31.2 Å². The van der Waals surface area contributed by atoms with Gasteiger partial charge in [0.15, 0.2) is 0 Å². The van der Waals surface area contributed by atoms with E-state index in [4.69, 9.17) is 4.42 Å². The predicted octanol–water partition coefficient (Wildman–Crippen LogP) is 2.44. The number of benzene rings is 1. The average molecular weight is 260 g/mol. The summed E-state index contributed by atoms with van der Waals surface area (Å²) in [4.78, 5) is 11.6. The first-order chi connectivity index (χ1) is 9.15. The topological polar surface area (TPSA) is 74.5 Å². The fourth-order valence-electron chi connectivity index (χ4n) is 1.62. The van der Waals surface area contributed by atoms with Gasteiger partial charge in [0.25, 0.3) is 0 Å². The maximum Gasteiger partial charge on any atom is 0.319 e. The summed E-state index contributed by atoms with van der Waals surface area (Å²) < 4.78 is 5.27. The van der Waals surface area contributed by atoms with Crippen LogP contribution in [0.15, 0.2) is 46.9 Å². The van der Waals surface area contributed by atoms with Crippen LogP contribution in [0.5, 0.6) is 0 Å². The quantitative estimate of drug-likeness (QED) is 0.790. The molecule has 3 N–H and O–H groups in total. The van der Waals surface area contributed by atoms with Crippen LogP contribution in [-0.4, -0.2) is 17.7 Å². The smallest absolute Gasteiger partial charge is 0.319 e. The lowest BCUT2D eigenvalue weighted by atomic mass is 10.3. The molecule has 1 aromatic carbocycles. The Labute approximate surface area is 111 Å². The van der Waals surface area contributed by atoms with Crippen LogP contribution < -0.4 is 10.6 Å². The fourth-order valence-corrected chi connectivity index (χ4v) is 1.62. The van der Waals surface area contributed by atoms with Crippen LogP contribution in [-0.2, 0) is 0 Å². The lowest BCUT2D eigenvalue weighted by Gasteiger charge is -2.10. The molecule has 0 bridgehead atoms. The van der Waals surface area contributed by atoms with Gasteiger partial charge in [0.2, 0.25) is 0 Å². The Morgan fingerprint density at radius 2 is 2.00 bits per heavy atom. The van der Waals surface area contributed by atoms with Crippen molar-refractivity contribution in [3.63, 3.8) is 0 Å². The van der Waals surface area contributed by atoms with Crippen molar-refractivity contribution in [3.05, 3.63) is 54.0 Å². The minimum atomic E-state index is -0.852. The van der Waals surface area contributed by atoms with Gasteiger partial charge in [-0.1, -0.05) is 18.2 Å². The summed E-state index contributed by atoms with van der Waals surface area (Å²) in [5.74, 6) is 1.17. The summed E-state index contributed by atoms with van der Waals surface area (Å²) in [7, 11) is 0. The maximum absolute atomic E-state index is 11.6. The number of aliphatic hydroxyl groups excluding tert-OH is 1. The van der Waals surface area contributed by atoms with Crippen molar-refractivity contribution < 1.29 is 14.3 Å². The van der Waals surface area contributed by atoms with E-state index in [0.717, 1.165) is 5.76 Å². The number of furan rings is 1. The molecule has 1 heterocycles. The number of rotatable bonds is 4. The normalized spacial score (nSPS) is 11.9. The second-order valence-electron chi connectivity index (χ2n) is 4.17. The number of carbonyl (C=O) groups is 1. The van der Waals surface area contributed by atoms with E-state index in [2.05, 4.69) is 10.6 Å². The molecule has 0 radical (unpaired) electrons. The molecule has 0 aliphatic heterocycles. The maximum atomic E-state index is 11.6. The highest BCUT2D eigenvalue weighted by Crippen LogP contribution is 2.15. The molecule has 2 amide bonds. The van der Waals surface area contributed by atoms with Crippen molar-refractivity contribution in [1.29, 1.82) is 0 Å². The van der Waals surface area contributed by atoms with Crippen LogP contribution in [0.4, 0.5) is 10.5 Å². The van der Waals surface area contributed by atoms with Gasteiger partial charge in [0.1, 0.15) is 17.6 Å². The molecule has 1 unspecified atom stereocenters. The van der Waals surface area contributed by atoms with E-state index in [0.29, 0.717) is 11.4 Å². The molecular formula is C14H16N2O3. The molecular weight excluding hydrogens is 244 g/mol. The Morgan fingerprint density at radius 1 is 1.26 bits per heavy atom. The van der Waals surface area contributed by atoms with Crippen LogP contribution in [0, 0.1) is 6.92 Å². The van der Waals surface area contributed by atoms with Crippen LogP contribution in [0.3, 0.4) is 0 Å². The van der Waals surface area contributed by atoms with Crippen LogP contribution >= 0.6 is 0 Å². The van der Waals surface area contributed by atoms with E-state index in [9.17, 15) is 9.90 Å². The molecule has 0 aliphatic rings. The van der Waals surface area contributed by atoms with Crippen LogP contribution in [0.1, 0.15) is 17.6 Å². The molecule has 0 aliphatic carbocycles. The number of nitrogens with one attached hydrogen (secondary N) is 2. The second kappa shape index (κ2) is 6.06. The zero-order chi connectivity index (χ0) is 13.7. The Kier molecular flexibility index (Phi) is 4.20. The van der Waals surface area contributed by atoms with Crippen molar-refractivity contribution in [1.82, 2.24) is 5.32 Å². The third-order valence-corrected chi connectivity index (χ3v) is 2.58. The molecule has 2 rings (SSSR count). The number of hydrogen-bond donors (Lipinski definition) is 3. The van der Waals surface area contributed by atoms with Gasteiger partial charge < -0.3 is 20.2 Å². The summed E-state index contributed by atoms with van der Waals surface area (Å²) in [6.07, 6.45) is -0.852. The Hall–Kier alpha value is -2.27. The zero-order valence-electron chi connectivity index (χ0n) is 10.6. The summed E-state index contributed by atoms with van der Waals surface area (Å²) >= 11 is 0. The number of urea groups is 1. The molecule has 19 heavy (non-hydrogen) atoms. The number of para-hydroxylation sites is 1. The highest BCUT2D eigenvalue weighted by molar-refractivity contribution is 5.89. The molecule has 1 aromatic heterocycles. The van der Waals surface area contributed by atoms with E-state index in [1.807, 2.05) is 18.2 Å². The third-order valence-electron chi connectivity index (χ3n) is 2.58. The minimum Gasteiger partial charge on any atom is -0.464 e. The van der Waals surface area contributed by atoms with Gasteiger partial charge >= 0.3 is 6.03 Å². The number of aliphatic hydroxyl groups is 1. The Morgan fingerprint density at radius 3 is 2.63 bits per heavy atom. The monoisotopic (exact) mass is 260 g/mol. The Balaban J connectivity index is 1.80. The number of anilines is 1. The molecule has 0 fully saturated rings. The Bertz CT molecular complexity index is 537. The van der Waals surface area contributed by atoms with Crippen molar-refractivity contribution in [3.8, 4) is 0 Å².